The highest BCUT2D eigenvalue weighted by Gasteiger charge is 2.10. The van der Waals surface area contributed by atoms with Gasteiger partial charge in [0.2, 0.25) is 0 Å². The van der Waals surface area contributed by atoms with Gasteiger partial charge in [-0.25, -0.2) is 9.78 Å². The van der Waals surface area contributed by atoms with E-state index >= 15 is 0 Å². The molecule has 0 saturated heterocycles. The van der Waals surface area contributed by atoms with Gasteiger partial charge in [-0.05, 0) is 29.8 Å². The molecule has 6 heteroatoms. The van der Waals surface area contributed by atoms with Gasteiger partial charge in [0.1, 0.15) is 0 Å². The summed E-state index contributed by atoms with van der Waals surface area (Å²) in [5, 5.41) is 2.97. The van der Waals surface area contributed by atoms with Crippen LogP contribution < -0.4 is 10.6 Å². The molecule has 0 aliphatic carbocycles. The lowest BCUT2D eigenvalue weighted by atomic mass is 10.1. The van der Waals surface area contributed by atoms with Crippen LogP contribution in [-0.2, 0) is 11.3 Å². The van der Waals surface area contributed by atoms with E-state index in [1.807, 2.05) is 48.8 Å². The maximum Gasteiger partial charge on any atom is 0.337 e. The van der Waals surface area contributed by atoms with Crippen LogP contribution in [0.3, 0.4) is 0 Å². The van der Waals surface area contributed by atoms with E-state index < -0.39 is 0 Å². The van der Waals surface area contributed by atoms with Crippen LogP contribution in [0.4, 0.5) is 10.8 Å². The van der Waals surface area contributed by atoms with E-state index in [1.54, 1.807) is 23.5 Å². The topological polar surface area (TPSA) is 68.5 Å². The SMILES string of the molecule is COC(=O)c1ccc(CN(C)c2nc(-c3ccc(N)cc3)cs2)cc1. The predicted octanol–water partition coefficient (Wildman–Crippen LogP) is 3.82. The summed E-state index contributed by atoms with van der Waals surface area (Å²) in [6.07, 6.45) is 0. The smallest absolute Gasteiger partial charge is 0.337 e. The van der Waals surface area contributed by atoms with E-state index in [0.29, 0.717) is 12.1 Å². The molecule has 25 heavy (non-hydrogen) atoms. The van der Waals surface area contributed by atoms with Crippen molar-refractivity contribution in [2.24, 2.45) is 0 Å². The standard InChI is InChI=1S/C19H19N3O2S/c1-22(11-13-3-5-15(6-4-13)18(23)24-2)19-21-17(12-25-19)14-7-9-16(20)10-8-14/h3-10,12H,11,20H2,1-2H3. The van der Waals surface area contributed by atoms with Crippen LogP contribution in [0.5, 0.6) is 0 Å². The molecule has 2 aromatic carbocycles. The summed E-state index contributed by atoms with van der Waals surface area (Å²) in [7, 11) is 3.38. The molecule has 2 N–H and O–H groups in total. The summed E-state index contributed by atoms with van der Waals surface area (Å²) in [5.74, 6) is -0.326. The zero-order valence-corrected chi connectivity index (χ0v) is 14.9. The molecule has 0 bridgehead atoms. The monoisotopic (exact) mass is 353 g/mol. The van der Waals surface area contributed by atoms with Crippen molar-refractivity contribution in [2.45, 2.75) is 6.54 Å². The molecule has 0 aliphatic heterocycles. The maximum atomic E-state index is 11.5. The quantitative estimate of drug-likeness (QED) is 0.558. The van der Waals surface area contributed by atoms with Crippen molar-refractivity contribution in [3.05, 3.63) is 65.0 Å². The van der Waals surface area contributed by atoms with Crippen molar-refractivity contribution in [1.29, 1.82) is 0 Å². The normalized spacial score (nSPS) is 10.5. The zero-order valence-electron chi connectivity index (χ0n) is 14.1. The number of esters is 1. The Labute approximate surface area is 150 Å². The molecular formula is C19H19N3O2S. The Morgan fingerprint density at radius 3 is 2.48 bits per heavy atom. The minimum absolute atomic E-state index is 0.326. The molecule has 3 rings (SSSR count). The van der Waals surface area contributed by atoms with Crippen molar-refractivity contribution in [1.82, 2.24) is 4.98 Å². The Kier molecular flexibility index (Phi) is 5.00. The number of nitrogen functional groups attached to an aromatic ring is 1. The first kappa shape index (κ1) is 17.0. The largest absolute Gasteiger partial charge is 0.465 e. The third-order valence-electron chi connectivity index (χ3n) is 3.82. The highest BCUT2D eigenvalue weighted by atomic mass is 32.1. The molecule has 128 valence electrons. The van der Waals surface area contributed by atoms with E-state index in [-0.39, 0.29) is 5.97 Å². The molecule has 1 aromatic heterocycles. The second kappa shape index (κ2) is 7.36. The Bertz CT molecular complexity index is 857. The number of thiazole rings is 1. The lowest BCUT2D eigenvalue weighted by Gasteiger charge is -2.15. The second-order valence-electron chi connectivity index (χ2n) is 5.68. The third-order valence-corrected chi connectivity index (χ3v) is 4.77. The van der Waals surface area contributed by atoms with Crippen LogP contribution in [0, 0.1) is 0 Å². The number of aromatic nitrogens is 1. The molecule has 1 heterocycles. The molecular weight excluding hydrogens is 334 g/mol. The molecule has 0 spiro atoms. The predicted molar refractivity (Wildman–Crippen MR) is 102 cm³/mol. The first-order chi connectivity index (χ1) is 12.1. The van der Waals surface area contributed by atoms with Crippen molar-refractivity contribution < 1.29 is 9.53 Å². The van der Waals surface area contributed by atoms with Crippen LogP contribution in [-0.4, -0.2) is 25.1 Å². The first-order valence-electron chi connectivity index (χ1n) is 7.76. The van der Waals surface area contributed by atoms with Crippen molar-refractivity contribution in [2.75, 3.05) is 24.8 Å². The number of hydrogen-bond acceptors (Lipinski definition) is 6. The van der Waals surface area contributed by atoms with Crippen molar-refractivity contribution in [3.8, 4) is 11.3 Å². The van der Waals surface area contributed by atoms with E-state index in [4.69, 9.17) is 15.5 Å². The van der Waals surface area contributed by atoms with Gasteiger partial charge in [-0.2, -0.15) is 0 Å². The van der Waals surface area contributed by atoms with Crippen molar-refractivity contribution in [3.63, 3.8) is 0 Å². The van der Waals surface area contributed by atoms with Gasteiger partial charge in [0.05, 0.1) is 18.4 Å². The summed E-state index contributed by atoms with van der Waals surface area (Å²) in [5.41, 5.74) is 10.1. The molecule has 0 aliphatic rings. The summed E-state index contributed by atoms with van der Waals surface area (Å²) in [6, 6.07) is 15.1. The van der Waals surface area contributed by atoms with Crippen LogP contribution in [0.15, 0.2) is 53.9 Å². The van der Waals surface area contributed by atoms with E-state index in [2.05, 4.69) is 4.90 Å². The lowest BCUT2D eigenvalue weighted by molar-refractivity contribution is 0.0600. The number of nitrogens with two attached hydrogens (primary N) is 1. The molecule has 0 amide bonds. The summed E-state index contributed by atoms with van der Waals surface area (Å²) in [4.78, 5) is 18.3. The number of carbonyl (C=O) groups excluding carboxylic acids is 1. The molecule has 0 atom stereocenters. The van der Waals surface area contributed by atoms with Crippen LogP contribution in [0.1, 0.15) is 15.9 Å². The van der Waals surface area contributed by atoms with Crippen LogP contribution in [0.25, 0.3) is 11.3 Å². The Hall–Kier alpha value is -2.86. The van der Waals surface area contributed by atoms with E-state index in [1.165, 1.54) is 7.11 Å². The van der Waals surface area contributed by atoms with Crippen molar-refractivity contribution >= 4 is 28.1 Å². The fourth-order valence-electron chi connectivity index (χ4n) is 2.43. The van der Waals surface area contributed by atoms with Gasteiger partial charge in [-0.15, -0.1) is 11.3 Å². The number of anilines is 2. The van der Waals surface area contributed by atoms with Gasteiger partial charge in [0, 0.05) is 30.2 Å². The Morgan fingerprint density at radius 1 is 1.16 bits per heavy atom. The first-order valence-corrected chi connectivity index (χ1v) is 8.64. The highest BCUT2D eigenvalue weighted by molar-refractivity contribution is 7.14. The zero-order chi connectivity index (χ0) is 17.8. The molecule has 0 fully saturated rings. The Morgan fingerprint density at radius 2 is 1.84 bits per heavy atom. The average molecular weight is 353 g/mol. The number of rotatable bonds is 5. The summed E-state index contributed by atoms with van der Waals surface area (Å²) in [6.45, 7) is 0.705. The summed E-state index contributed by atoms with van der Waals surface area (Å²) < 4.78 is 4.71. The number of benzene rings is 2. The lowest BCUT2D eigenvalue weighted by Crippen LogP contribution is -2.16. The minimum atomic E-state index is -0.326. The molecule has 3 aromatic rings. The van der Waals surface area contributed by atoms with Crippen LogP contribution >= 0.6 is 11.3 Å². The Balaban J connectivity index is 1.70. The fraction of sp³-hybridized carbons (Fsp3) is 0.158. The highest BCUT2D eigenvalue weighted by Crippen LogP contribution is 2.28. The van der Waals surface area contributed by atoms with Gasteiger partial charge in [-0.1, -0.05) is 24.3 Å². The molecule has 0 radical (unpaired) electrons. The molecule has 5 nitrogen and oxygen atoms in total. The number of ether oxygens (including phenoxy) is 1. The van der Waals surface area contributed by atoms with E-state index in [9.17, 15) is 4.79 Å². The summed E-state index contributed by atoms with van der Waals surface area (Å²) >= 11 is 1.60. The maximum absolute atomic E-state index is 11.5. The molecule has 0 unspecified atom stereocenters. The number of carbonyl (C=O) groups is 1. The van der Waals surface area contributed by atoms with Gasteiger partial charge < -0.3 is 15.4 Å². The van der Waals surface area contributed by atoms with Gasteiger partial charge in [0.15, 0.2) is 5.13 Å². The third kappa shape index (κ3) is 3.97. The van der Waals surface area contributed by atoms with Gasteiger partial charge >= 0.3 is 5.97 Å². The fourth-order valence-corrected chi connectivity index (χ4v) is 3.23. The second-order valence-corrected chi connectivity index (χ2v) is 6.52. The van der Waals surface area contributed by atoms with Gasteiger partial charge in [-0.3, -0.25) is 0 Å². The minimum Gasteiger partial charge on any atom is -0.465 e. The number of hydrogen-bond donors (Lipinski definition) is 1. The van der Waals surface area contributed by atoms with E-state index in [0.717, 1.165) is 27.6 Å². The van der Waals surface area contributed by atoms with Gasteiger partial charge in [0.25, 0.3) is 0 Å². The number of nitrogens with zero attached hydrogens (tertiary/aromatic N) is 2. The average Bonchev–Trinajstić information content (AvgIpc) is 3.12. The van der Waals surface area contributed by atoms with Crippen LogP contribution in [0.2, 0.25) is 0 Å². The number of methoxy groups -OCH3 is 1. The molecule has 0 saturated carbocycles.